The van der Waals surface area contributed by atoms with Crippen LogP contribution in [0, 0.1) is 5.41 Å². The molecule has 0 aromatic heterocycles. The van der Waals surface area contributed by atoms with Crippen molar-refractivity contribution < 1.29 is 19.4 Å². The SMILES string of the molecule is CCCCCCCCCCCC(=O)OCC(C)(C)C=NCCOCCO. The Kier molecular flexibility index (Phi) is 16.8. The van der Waals surface area contributed by atoms with E-state index in [0.29, 0.717) is 32.8 Å². The standard InChI is InChI=1S/C21H41NO4/c1-4-5-6-7-8-9-10-11-12-13-20(24)26-19-21(2,3)18-22-14-16-25-17-15-23/h18,23H,4-17,19H2,1-3H3. The Morgan fingerprint density at radius 1 is 1.00 bits per heavy atom. The fraction of sp³-hybridized carbons (Fsp3) is 0.905. The first kappa shape index (κ1) is 25.1. The molecule has 154 valence electrons. The average Bonchev–Trinajstić information content (AvgIpc) is 2.61. The third-order valence-electron chi connectivity index (χ3n) is 4.13. The predicted molar refractivity (Wildman–Crippen MR) is 108 cm³/mol. The number of aliphatic hydroxyl groups excluding tert-OH is 1. The minimum Gasteiger partial charge on any atom is -0.465 e. The summed E-state index contributed by atoms with van der Waals surface area (Å²) in [6.07, 6.45) is 13.5. The summed E-state index contributed by atoms with van der Waals surface area (Å²) in [7, 11) is 0. The van der Waals surface area contributed by atoms with Crippen LogP contribution < -0.4 is 0 Å². The molecule has 26 heavy (non-hydrogen) atoms. The molecule has 0 saturated heterocycles. The normalized spacial score (nSPS) is 12.0. The van der Waals surface area contributed by atoms with Gasteiger partial charge in [-0.15, -0.1) is 0 Å². The van der Waals surface area contributed by atoms with Crippen molar-refractivity contribution >= 4 is 12.2 Å². The molecule has 0 aliphatic heterocycles. The van der Waals surface area contributed by atoms with Crippen molar-refractivity contribution in [2.45, 2.75) is 85.0 Å². The first-order valence-corrected chi connectivity index (χ1v) is 10.4. The maximum atomic E-state index is 11.8. The summed E-state index contributed by atoms with van der Waals surface area (Å²) in [6, 6.07) is 0. The van der Waals surface area contributed by atoms with Crippen LogP contribution in [0.1, 0.15) is 85.0 Å². The molecule has 0 saturated carbocycles. The molecule has 0 aromatic carbocycles. The van der Waals surface area contributed by atoms with Crippen LogP contribution in [0.25, 0.3) is 0 Å². The van der Waals surface area contributed by atoms with Crippen molar-refractivity contribution in [3.8, 4) is 0 Å². The summed E-state index contributed by atoms with van der Waals surface area (Å²) < 4.78 is 10.5. The van der Waals surface area contributed by atoms with Crippen LogP contribution in [0.15, 0.2) is 4.99 Å². The molecular weight excluding hydrogens is 330 g/mol. The van der Waals surface area contributed by atoms with Gasteiger partial charge >= 0.3 is 5.97 Å². The summed E-state index contributed by atoms with van der Waals surface area (Å²) in [5, 5.41) is 8.61. The number of carbonyl (C=O) groups is 1. The quantitative estimate of drug-likeness (QED) is 0.218. The van der Waals surface area contributed by atoms with Gasteiger partial charge in [-0.1, -0.05) is 72.1 Å². The van der Waals surface area contributed by atoms with Crippen molar-refractivity contribution in [2.24, 2.45) is 10.4 Å². The molecule has 5 nitrogen and oxygen atoms in total. The molecule has 0 amide bonds. The summed E-state index contributed by atoms with van der Waals surface area (Å²) in [5.74, 6) is -0.110. The molecule has 1 N–H and O–H groups in total. The molecule has 0 aliphatic rings. The first-order chi connectivity index (χ1) is 12.5. The largest absolute Gasteiger partial charge is 0.465 e. The maximum absolute atomic E-state index is 11.8. The zero-order chi connectivity index (χ0) is 19.5. The van der Waals surface area contributed by atoms with Crippen LogP contribution in [-0.4, -0.2) is 50.3 Å². The molecular formula is C21H41NO4. The van der Waals surface area contributed by atoms with Gasteiger partial charge in [0.2, 0.25) is 0 Å². The lowest BCUT2D eigenvalue weighted by Crippen LogP contribution is -2.23. The number of esters is 1. The summed E-state index contributed by atoms with van der Waals surface area (Å²) >= 11 is 0. The Balaban J connectivity index is 3.59. The molecule has 0 rings (SSSR count). The van der Waals surface area contributed by atoms with Crippen LogP contribution in [0.5, 0.6) is 0 Å². The Morgan fingerprint density at radius 2 is 1.62 bits per heavy atom. The number of aliphatic imine (C=N–C) groups is 1. The molecule has 0 unspecified atom stereocenters. The third-order valence-corrected chi connectivity index (χ3v) is 4.13. The van der Waals surface area contributed by atoms with E-state index in [1.54, 1.807) is 0 Å². The maximum Gasteiger partial charge on any atom is 0.305 e. The number of nitrogens with zero attached hydrogens (tertiary/aromatic N) is 1. The number of ether oxygens (including phenoxy) is 2. The second-order valence-corrected chi connectivity index (χ2v) is 7.60. The molecule has 0 bridgehead atoms. The van der Waals surface area contributed by atoms with Crippen LogP contribution >= 0.6 is 0 Å². The van der Waals surface area contributed by atoms with E-state index in [1.165, 1.54) is 44.9 Å². The van der Waals surface area contributed by atoms with E-state index in [2.05, 4.69) is 11.9 Å². The molecule has 0 spiro atoms. The molecule has 0 radical (unpaired) electrons. The van der Waals surface area contributed by atoms with Crippen molar-refractivity contribution in [3.05, 3.63) is 0 Å². The smallest absolute Gasteiger partial charge is 0.305 e. The van der Waals surface area contributed by atoms with Gasteiger partial charge in [-0.05, 0) is 6.42 Å². The fourth-order valence-electron chi connectivity index (χ4n) is 2.55. The average molecular weight is 372 g/mol. The van der Waals surface area contributed by atoms with E-state index in [9.17, 15) is 4.79 Å². The predicted octanol–water partition coefficient (Wildman–Crippen LogP) is 4.56. The lowest BCUT2D eigenvalue weighted by atomic mass is 9.97. The van der Waals surface area contributed by atoms with Gasteiger partial charge in [0.25, 0.3) is 0 Å². The second-order valence-electron chi connectivity index (χ2n) is 7.60. The van der Waals surface area contributed by atoms with Crippen LogP contribution in [0.4, 0.5) is 0 Å². The molecule has 5 heteroatoms. The molecule has 0 aromatic rings. The van der Waals surface area contributed by atoms with Crippen molar-refractivity contribution in [1.29, 1.82) is 0 Å². The number of aliphatic hydroxyl groups is 1. The lowest BCUT2D eigenvalue weighted by Gasteiger charge is -2.19. The summed E-state index contributed by atoms with van der Waals surface area (Å²) in [4.78, 5) is 16.1. The molecule has 0 fully saturated rings. The van der Waals surface area contributed by atoms with Gasteiger partial charge in [0.1, 0.15) is 6.61 Å². The first-order valence-electron chi connectivity index (χ1n) is 10.4. The van der Waals surface area contributed by atoms with Crippen LogP contribution in [0.2, 0.25) is 0 Å². The second kappa shape index (κ2) is 17.5. The number of hydrogen-bond donors (Lipinski definition) is 1. The van der Waals surface area contributed by atoms with Gasteiger partial charge < -0.3 is 14.6 Å². The zero-order valence-electron chi connectivity index (χ0n) is 17.3. The number of carbonyl (C=O) groups excluding carboxylic acids is 1. The highest BCUT2D eigenvalue weighted by molar-refractivity contribution is 5.70. The number of unbranched alkanes of at least 4 members (excludes halogenated alkanes) is 8. The van der Waals surface area contributed by atoms with Gasteiger partial charge in [-0.2, -0.15) is 0 Å². The molecule has 0 atom stereocenters. The molecule has 0 aliphatic carbocycles. The Labute approximate surface area is 160 Å². The van der Waals surface area contributed by atoms with E-state index in [1.807, 2.05) is 20.1 Å². The van der Waals surface area contributed by atoms with Gasteiger partial charge in [0.15, 0.2) is 0 Å². The van der Waals surface area contributed by atoms with E-state index in [0.717, 1.165) is 12.8 Å². The highest BCUT2D eigenvalue weighted by atomic mass is 16.5. The van der Waals surface area contributed by atoms with E-state index >= 15 is 0 Å². The minimum absolute atomic E-state index is 0.0319. The van der Waals surface area contributed by atoms with Crippen LogP contribution in [0.3, 0.4) is 0 Å². The van der Waals surface area contributed by atoms with Crippen molar-refractivity contribution in [2.75, 3.05) is 33.0 Å². The third kappa shape index (κ3) is 17.9. The minimum atomic E-state index is -0.273. The van der Waals surface area contributed by atoms with Crippen LogP contribution in [-0.2, 0) is 14.3 Å². The Hall–Kier alpha value is -0.940. The summed E-state index contributed by atoms with van der Waals surface area (Å²) in [5.41, 5.74) is -0.273. The van der Waals surface area contributed by atoms with Crippen molar-refractivity contribution in [1.82, 2.24) is 0 Å². The monoisotopic (exact) mass is 371 g/mol. The Bertz CT molecular complexity index is 356. The fourth-order valence-corrected chi connectivity index (χ4v) is 2.55. The highest BCUT2D eigenvalue weighted by Crippen LogP contribution is 2.14. The topological polar surface area (TPSA) is 68.1 Å². The van der Waals surface area contributed by atoms with E-state index < -0.39 is 0 Å². The van der Waals surface area contributed by atoms with Crippen molar-refractivity contribution in [3.63, 3.8) is 0 Å². The zero-order valence-corrected chi connectivity index (χ0v) is 17.3. The van der Waals surface area contributed by atoms with Gasteiger partial charge in [-0.25, -0.2) is 0 Å². The number of hydrogen-bond acceptors (Lipinski definition) is 5. The van der Waals surface area contributed by atoms with E-state index in [4.69, 9.17) is 14.6 Å². The lowest BCUT2D eigenvalue weighted by molar-refractivity contribution is -0.145. The van der Waals surface area contributed by atoms with Gasteiger partial charge in [-0.3, -0.25) is 9.79 Å². The molecule has 0 heterocycles. The summed E-state index contributed by atoms with van der Waals surface area (Å²) in [6.45, 7) is 8.00. The number of rotatable bonds is 18. The highest BCUT2D eigenvalue weighted by Gasteiger charge is 2.17. The van der Waals surface area contributed by atoms with Gasteiger partial charge in [0.05, 0.1) is 26.4 Å². The van der Waals surface area contributed by atoms with Gasteiger partial charge in [0, 0.05) is 18.1 Å². The van der Waals surface area contributed by atoms with E-state index in [-0.39, 0.29) is 18.0 Å². The Morgan fingerprint density at radius 3 is 2.23 bits per heavy atom.